The number of hydrogen-bond donors (Lipinski definition) is 2. The number of halogens is 1. The van der Waals surface area contributed by atoms with Gasteiger partial charge in [0.05, 0.1) is 19.4 Å². The molecule has 1 unspecified atom stereocenters. The van der Waals surface area contributed by atoms with Gasteiger partial charge in [-0.2, -0.15) is 0 Å². The third kappa shape index (κ3) is 4.81. The van der Waals surface area contributed by atoms with Gasteiger partial charge in [-0.15, -0.1) is 12.4 Å². The van der Waals surface area contributed by atoms with Crippen molar-refractivity contribution in [3.63, 3.8) is 0 Å². The van der Waals surface area contributed by atoms with Crippen LogP contribution in [0.2, 0.25) is 0 Å². The number of methoxy groups -OCH3 is 1. The predicted octanol–water partition coefficient (Wildman–Crippen LogP) is 0.0855. The molecule has 94 valence electrons. The number of carbonyl (C=O) groups excluding carboxylic acids is 2. The third-order valence-electron chi connectivity index (χ3n) is 2.52. The molecule has 1 aliphatic rings. The first-order chi connectivity index (χ1) is 7.13. The van der Waals surface area contributed by atoms with Gasteiger partial charge in [-0.05, 0) is 19.9 Å². The lowest BCUT2D eigenvalue weighted by Crippen LogP contribution is -2.39. The van der Waals surface area contributed by atoms with Gasteiger partial charge in [0, 0.05) is 12.6 Å². The molecule has 0 radical (unpaired) electrons. The Morgan fingerprint density at radius 1 is 1.56 bits per heavy atom. The summed E-state index contributed by atoms with van der Waals surface area (Å²) in [5, 5.41) is 5.93. The summed E-state index contributed by atoms with van der Waals surface area (Å²) in [6.07, 6.45) is 1.10. The van der Waals surface area contributed by atoms with E-state index in [1.807, 2.05) is 0 Å². The fraction of sp³-hybridized carbons (Fsp3) is 0.800. The number of amides is 1. The van der Waals surface area contributed by atoms with Gasteiger partial charge in [0.1, 0.15) is 0 Å². The number of rotatable bonds is 4. The maximum Gasteiger partial charge on any atom is 0.307 e. The van der Waals surface area contributed by atoms with E-state index in [0.717, 1.165) is 19.5 Å². The molecule has 0 aromatic carbocycles. The van der Waals surface area contributed by atoms with Crippen LogP contribution >= 0.6 is 12.4 Å². The Hall–Kier alpha value is -0.810. The lowest BCUT2D eigenvalue weighted by atomic mass is 10.1. The quantitative estimate of drug-likeness (QED) is 0.694. The van der Waals surface area contributed by atoms with Crippen LogP contribution in [-0.2, 0) is 14.3 Å². The molecule has 1 fully saturated rings. The second-order valence-electron chi connectivity index (χ2n) is 3.88. The van der Waals surface area contributed by atoms with Crippen LogP contribution in [0.25, 0.3) is 0 Å². The molecule has 16 heavy (non-hydrogen) atoms. The fourth-order valence-corrected chi connectivity index (χ4v) is 1.62. The van der Waals surface area contributed by atoms with E-state index in [1.54, 1.807) is 6.92 Å². The van der Waals surface area contributed by atoms with E-state index in [1.165, 1.54) is 7.11 Å². The molecule has 2 atom stereocenters. The molecule has 1 rings (SSSR count). The maximum absolute atomic E-state index is 11.6. The summed E-state index contributed by atoms with van der Waals surface area (Å²) >= 11 is 0. The standard InChI is InChI=1S/C10H18N2O3.ClH/c1-7(5-9(13)15-2)12-10(14)8-3-4-11-6-8;/h7-8,11H,3-6H2,1-2H3,(H,12,14);1H/t7?,8-;/m0./s1. The highest BCUT2D eigenvalue weighted by molar-refractivity contribution is 5.85. The van der Waals surface area contributed by atoms with Crippen LogP contribution in [0.4, 0.5) is 0 Å². The molecule has 0 aliphatic carbocycles. The van der Waals surface area contributed by atoms with Gasteiger partial charge >= 0.3 is 5.97 Å². The SMILES string of the molecule is COC(=O)CC(C)NC(=O)[C@H]1CCNC1.Cl. The summed E-state index contributed by atoms with van der Waals surface area (Å²) in [4.78, 5) is 22.6. The number of ether oxygens (including phenoxy) is 1. The van der Waals surface area contributed by atoms with Gasteiger partial charge in [-0.3, -0.25) is 9.59 Å². The van der Waals surface area contributed by atoms with Crippen molar-refractivity contribution in [1.29, 1.82) is 0 Å². The molecule has 6 heteroatoms. The zero-order chi connectivity index (χ0) is 11.3. The highest BCUT2D eigenvalue weighted by Crippen LogP contribution is 2.08. The van der Waals surface area contributed by atoms with E-state index in [9.17, 15) is 9.59 Å². The highest BCUT2D eigenvalue weighted by Gasteiger charge is 2.23. The maximum atomic E-state index is 11.6. The molecule has 2 N–H and O–H groups in total. The molecular formula is C10H19ClN2O3. The minimum atomic E-state index is -0.299. The van der Waals surface area contributed by atoms with Gasteiger partial charge in [0.15, 0.2) is 0 Å². The molecule has 0 aromatic heterocycles. The Labute approximate surface area is 102 Å². The zero-order valence-electron chi connectivity index (χ0n) is 9.62. The summed E-state index contributed by atoms with van der Waals surface area (Å²) in [7, 11) is 1.35. The van der Waals surface area contributed by atoms with Crippen LogP contribution in [0.5, 0.6) is 0 Å². The molecule has 1 heterocycles. The van der Waals surface area contributed by atoms with E-state index in [-0.39, 0.29) is 42.7 Å². The lowest BCUT2D eigenvalue weighted by Gasteiger charge is -2.15. The van der Waals surface area contributed by atoms with Crippen LogP contribution in [0.1, 0.15) is 19.8 Å². The summed E-state index contributed by atoms with van der Waals surface area (Å²) in [6, 6.07) is -0.162. The minimum absolute atomic E-state index is 0. The first kappa shape index (κ1) is 15.2. The molecular weight excluding hydrogens is 232 g/mol. The third-order valence-corrected chi connectivity index (χ3v) is 2.52. The number of esters is 1. The summed E-state index contributed by atoms with van der Waals surface area (Å²) in [5.41, 5.74) is 0. The largest absolute Gasteiger partial charge is 0.469 e. The number of nitrogens with one attached hydrogen (secondary N) is 2. The van der Waals surface area contributed by atoms with Crippen molar-refractivity contribution in [2.45, 2.75) is 25.8 Å². The van der Waals surface area contributed by atoms with Crippen molar-refractivity contribution in [2.75, 3.05) is 20.2 Å². The minimum Gasteiger partial charge on any atom is -0.469 e. The highest BCUT2D eigenvalue weighted by atomic mass is 35.5. The van der Waals surface area contributed by atoms with Crippen LogP contribution in [0.15, 0.2) is 0 Å². The monoisotopic (exact) mass is 250 g/mol. The van der Waals surface area contributed by atoms with Crippen LogP contribution < -0.4 is 10.6 Å². The molecule has 5 nitrogen and oxygen atoms in total. The van der Waals surface area contributed by atoms with Gasteiger partial charge in [0.25, 0.3) is 0 Å². The molecule has 1 aliphatic heterocycles. The Kier molecular flexibility index (Phi) is 7.08. The first-order valence-corrected chi connectivity index (χ1v) is 5.21. The van der Waals surface area contributed by atoms with Crippen molar-refractivity contribution >= 4 is 24.3 Å². The van der Waals surface area contributed by atoms with Crippen LogP contribution in [-0.4, -0.2) is 38.1 Å². The van der Waals surface area contributed by atoms with E-state index < -0.39 is 0 Å². The average Bonchev–Trinajstić information content (AvgIpc) is 2.70. The normalized spacial score (nSPS) is 20.8. The lowest BCUT2D eigenvalue weighted by molar-refractivity contribution is -0.141. The number of hydrogen-bond acceptors (Lipinski definition) is 4. The van der Waals surface area contributed by atoms with Crippen LogP contribution in [0.3, 0.4) is 0 Å². The molecule has 1 amide bonds. The zero-order valence-corrected chi connectivity index (χ0v) is 10.4. The van der Waals surface area contributed by atoms with E-state index >= 15 is 0 Å². The van der Waals surface area contributed by atoms with Crippen molar-refractivity contribution in [1.82, 2.24) is 10.6 Å². The molecule has 0 bridgehead atoms. The molecule has 0 aromatic rings. The van der Waals surface area contributed by atoms with Gasteiger partial charge in [-0.25, -0.2) is 0 Å². The summed E-state index contributed by atoms with van der Waals surface area (Å²) in [6.45, 7) is 3.43. The van der Waals surface area contributed by atoms with Gasteiger partial charge in [0.2, 0.25) is 5.91 Å². The van der Waals surface area contributed by atoms with E-state index in [0.29, 0.717) is 0 Å². The van der Waals surface area contributed by atoms with Gasteiger partial charge in [-0.1, -0.05) is 0 Å². The Balaban J connectivity index is 0.00000225. The Bertz CT molecular complexity index is 242. The summed E-state index contributed by atoms with van der Waals surface area (Å²) in [5.74, 6) is -0.228. The second kappa shape index (κ2) is 7.46. The second-order valence-corrected chi connectivity index (χ2v) is 3.88. The van der Waals surface area contributed by atoms with Crippen molar-refractivity contribution in [3.05, 3.63) is 0 Å². The number of carbonyl (C=O) groups is 2. The summed E-state index contributed by atoms with van der Waals surface area (Å²) < 4.78 is 4.53. The van der Waals surface area contributed by atoms with Crippen molar-refractivity contribution in [2.24, 2.45) is 5.92 Å². The van der Waals surface area contributed by atoms with Crippen molar-refractivity contribution in [3.8, 4) is 0 Å². The van der Waals surface area contributed by atoms with E-state index in [4.69, 9.17) is 0 Å². The first-order valence-electron chi connectivity index (χ1n) is 5.21. The van der Waals surface area contributed by atoms with Gasteiger partial charge < -0.3 is 15.4 Å². The van der Waals surface area contributed by atoms with Crippen LogP contribution in [0, 0.1) is 5.92 Å². The molecule has 1 saturated heterocycles. The molecule has 0 saturated carbocycles. The Morgan fingerprint density at radius 2 is 2.25 bits per heavy atom. The smallest absolute Gasteiger partial charge is 0.307 e. The van der Waals surface area contributed by atoms with Crippen molar-refractivity contribution < 1.29 is 14.3 Å². The topological polar surface area (TPSA) is 67.4 Å². The average molecular weight is 251 g/mol. The van der Waals surface area contributed by atoms with E-state index in [2.05, 4.69) is 15.4 Å². The Morgan fingerprint density at radius 3 is 2.75 bits per heavy atom. The fourth-order valence-electron chi connectivity index (χ4n) is 1.62. The predicted molar refractivity (Wildman–Crippen MR) is 62.5 cm³/mol. The molecule has 0 spiro atoms.